The van der Waals surface area contributed by atoms with Crippen LogP contribution in [0.15, 0.2) is 18.2 Å². The van der Waals surface area contributed by atoms with Crippen LogP contribution in [0.3, 0.4) is 0 Å². The van der Waals surface area contributed by atoms with Crippen molar-refractivity contribution >= 4 is 5.91 Å². The Hall–Kier alpha value is -1.75. The third-order valence-corrected chi connectivity index (χ3v) is 3.84. The molecule has 1 aliphatic carbocycles. The molecule has 20 heavy (non-hydrogen) atoms. The Morgan fingerprint density at radius 3 is 2.45 bits per heavy atom. The lowest BCUT2D eigenvalue weighted by Gasteiger charge is -2.26. The molecule has 4 N–H and O–H groups in total. The van der Waals surface area contributed by atoms with E-state index in [0.717, 1.165) is 25.7 Å². The van der Waals surface area contributed by atoms with Crippen molar-refractivity contribution in [3.63, 3.8) is 0 Å². The normalized spacial score (nSPS) is 18.2. The van der Waals surface area contributed by atoms with E-state index in [9.17, 15) is 20.1 Å². The first-order chi connectivity index (χ1) is 9.50. The zero-order valence-corrected chi connectivity index (χ0v) is 11.4. The van der Waals surface area contributed by atoms with Crippen molar-refractivity contribution < 1.29 is 20.1 Å². The first kappa shape index (κ1) is 14.7. The summed E-state index contributed by atoms with van der Waals surface area (Å²) in [4.78, 5) is 12.0. The van der Waals surface area contributed by atoms with E-state index in [1.54, 1.807) is 0 Å². The number of amides is 1. The Morgan fingerprint density at radius 2 is 1.80 bits per heavy atom. The fourth-order valence-corrected chi connectivity index (χ4v) is 2.61. The molecule has 0 bridgehead atoms. The highest BCUT2D eigenvalue weighted by molar-refractivity contribution is 5.97. The van der Waals surface area contributed by atoms with Gasteiger partial charge < -0.3 is 20.6 Å². The molecule has 0 heterocycles. The number of aromatic hydroxyl groups is 2. The topological polar surface area (TPSA) is 89.8 Å². The Bertz CT molecular complexity index is 479. The van der Waals surface area contributed by atoms with Crippen molar-refractivity contribution in [2.75, 3.05) is 6.54 Å². The summed E-state index contributed by atoms with van der Waals surface area (Å²) in [6.07, 6.45) is 5.51. The van der Waals surface area contributed by atoms with Crippen LogP contribution in [-0.2, 0) is 0 Å². The van der Waals surface area contributed by atoms with Crippen molar-refractivity contribution in [2.45, 2.75) is 44.1 Å². The number of aliphatic hydroxyl groups is 1. The Morgan fingerprint density at radius 1 is 1.15 bits per heavy atom. The Labute approximate surface area is 118 Å². The van der Waals surface area contributed by atoms with Gasteiger partial charge in [-0.25, -0.2) is 0 Å². The standard InChI is InChI=1S/C15H21NO4/c17-11-5-6-13(18)12(9-11)14(19)16-10-15(20)7-3-1-2-4-8-15/h5-6,9,17-18,20H,1-4,7-8,10H2,(H,16,19). The molecule has 0 spiro atoms. The van der Waals surface area contributed by atoms with Crippen LogP contribution in [0.4, 0.5) is 0 Å². The van der Waals surface area contributed by atoms with Gasteiger partial charge in [0.05, 0.1) is 11.2 Å². The summed E-state index contributed by atoms with van der Waals surface area (Å²) in [6, 6.07) is 3.79. The van der Waals surface area contributed by atoms with E-state index in [2.05, 4.69) is 5.32 Å². The van der Waals surface area contributed by atoms with E-state index < -0.39 is 11.5 Å². The minimum Gasteiger partial charge on any atom is -0.508 e. The zero-order valence-electron chi connectivity index (χ0n) is 11.4. The molecule has 0 aliphatic heterocycles. The highest BCUT2D eigenvalue weighted by Crippen LogP contribution is 2.27. The van der Waals surface area contributed by atoms with Crippen LogP contribution < -0.4 is 5.32 Å². The lowest BCUT2D eigenvalue weighted by Crippen LogP contribution is -2.42. The van der Waals surface area contributed by atoms with E-state index in [1.807, 2.05) is 0 Å². The molecule has 0 atom stereocenters. The molecule has 1 amide bonds. The first-order valence-electron chi connectivity index (χ1n) is 7.03. The molecule has 1 aromatic rings. The van der Waals surface area contributed by atoms with Gasteiger partial charge in [0.2, 0.25) is 0 Å². The quantitative estimate of drug-likeness (QED) is 0.502. The Kier molecular flexibility index (Phi) is 4.49. The average molecular weight is 279 g/mol. The van der Waals surface area contributed by atoms with Crippen molar-refractivity contribution in [1.29, 1.82) is 0 Å². The van der Waals surface area contributed by atoms with Crippen LogP contribution in [0, 0.1) is 0 Å². The highest BCUT2D eigenvalue weighted by atomic mass is 16.3. The van der Waals surface area contributed by atoms with Gasteiger partial charge >= 0.3 is 0 Å². The summed E-state index contributed by atoms with van der Waals surface area (Å²) in [5.74, 6) is -0.759. The maximum absolute atomic E-state index is 12.0. The second kappa shape index (κ2) is 6.13. The van der Waals surface area contributed by atoms with Gasteiger partial charge in [-0.05, 0) is 31.0 Å². The molecule has 0 saturated heterocycles. The van der Waals surface area contributed by atoms with Crippen LogP contribution >= 0.6 is 0 Å². The van der Waals surface area contributed by atoms with E-state index in [0.29, 0.717) is 12.8 Å². The van der Waals surface area contributed by atoms with E-state index in [1.165, 1.54) is 18.2 Å². The predicted octanol–water partition coefficient (Wildman–Crippen LogP) is 1.91. The molecule has 5 nitrogen and oxygen atoms in total. The molecule has 110 valence electrons. The smallest absolute Gasteiger partial charge is 0.255 e. The van der Waals surface area contributed by atoms with Crippen LogP contribution in [0.25, 0.3) is 0 Å². The summed E-state index contributed by atoms with van der Waals surface area (Å²) in [5.41, 5.74) is -0.847. The summed E-state index contributed by atoms with van der Waals surface area (Å²) in [7, 11) is 0. The number of phenolic OH excluding ortho intramolecular Hbond substituents is 2. The van der Waals surface area contributed by atoms with Crippen molar-refractivity contribution in [3.05, 3.63) is 23.8 Å². The molecule has 1 saturated carbocycles. The van der Waals surface area contributed by atoms with Crippen LogP contribution in [0.5, 0.6) is 11.5 Å². The third-order valence-electron chi connectivity index (χ3n) is 3.84. The number of hydrogen-bond donors (Lipinski definition) is 4. The molecule has 5 heteroatoms. The van der Waals surface area contributed by atoms with Crippen molar-refractivity contribution in [1.82, 2.24) is 5.32 Å². The fraction of sp³-hybridized carbons (Fsp3) is 0.533. The molecule has 0 unspecified atom stereocenters. The van der Waals surface area contributed by atoms with Gasteiger partial charge in [0, 0.05) is 6.54 Å². The summed E-state index contributed by atoms with van der Waals surface area (Å²) in [6.45, 7) is 0.168. The summed E-state index contributed by atoms with van der Waals surface area (Å²) in [5, 5.41) is 32.1. The number of nitrogens with one attached hydrogen (secondary N) is 1. The van der Waals surface area contributed by atoms with E-state index in [4.69, 9.17) is 0 Å². The number of rotatable bonds is 3. The van der Waals surface area contributed by atoms with Crippen molar-refractivity contribution in [2.24, 2.45) is 0 Å². The zero-order chi connectivity index (χ0) is 14.6. The predicted molar refractivity (Wildman–Crippen MR) is 74.8 cm³/mol. The van der Waals surface area contributed by atoms with Crippen LogP contribution in [-0.4, -0.2) is 33.4 Å². The van der Waals surface area contributed by atoms with Gasteiger partial charge in [-0.15, -0.1) is 0 Å². The lowest BCUT2D eigenvalue weighted by atomic mass is 9.94. The minimum atomic E-state index is -0.862. The van der Waals surface area contributed by atoms with Gasteiger partial charge in [0.25, 0.3) is 5.91 Å². The largest absolute Gasteiger partial charge is 0.508 e. The summed E-state index contributed by atoms with van der Waals surface area (Å²) >= 11 is 0. The number of hydrogen-bond acceptors (Lipinski definition) is 4. The SMILES string of the molecule is O=C(NCC1(O)CCCCCC1)c1cc(O)ccc1O. The minimum absolute atomic E-state index is 0.0159. The lowest BCUT2D eigenvalue weighted by molar-refractivity contribution is 0.0246. The number of carbonyl (C=O) groups excluding carboxylic acids is 1. The third kappa shape index (κ3) is 3.63. The van der Waals surface area contributed by atoms with Crippen LogP contribution in [0.2, 0.25) is 0 Å². The van der Waals surface area contributed by atoms with Gasteiger partial charge in [-0.3, -0.25) is 4.79 Å². The molecule has 1 aromatic carbocycles. The maximum atomic E-state index is 12.0. The van der Waals surface area contributed by atoms with Gasteiger partial charge in [-0.2, -0.15) is 0 Å². The number of phenols is 2. The van der Waals surface area contributed by atoms with E-state index >= 15 is 0 Å². The highest BCUT2D eigenvalue weighted by Gasteiger charge is 2.28. The second-order valence-corrected chi connectivity index (χ2v) is 5.52. The number of carbonyl (C=O) groups is 1. The molecule has 0 aromatic heterocycles. The monoisotopic (exact) mass is 279 g/mol. The molecule has 2 rings (SSSR count). The van der Waals surface area contributed by atoms with Gasteiger partial charge in [0.15, 0.2) is 0 Å². The van der Waals surface area contributed by atoms with Crippen LogP contribution in [0.1, 0.15) is 48.9 Å². The van der Waals surface area contributed by atoms with E-state index in [-0.39, 0.29) is 23.6 Å². The second-order valence-electron chi connectivity index (χ2n) is 5.52. The fourth-order valence-electron chi connectivity index (χ4n) is 2.61. The first-order valence-corrected chi connectivity index (χ1v) is 7.03. The summed E-state index contributed by atoms with van der Waals surface area (Å²) < 4.78 is 0. The number of benzene rings is 1. The average Bonchev–Trinajstić information content (AvgIpc) is 2.64. The Balaban J connectivity index is 1.99. The molecule has 1 aliphatic rings. The van der Waals surface area contributed by atoms with Gasteiger partial charge in [0.1, 0.15) is 11.5 Å². The van der Waals surface area contributed by atoms with Crippen molar-refractivity contribution in [3.8, 4) is 11.5 Å². The molecule has 0 radical (unpaired) electrons. The molecular weight excluding hydrogens is 258 g/mol. The maximum Gasteiger partial charge on any atom is 0.255 e. The molecular formula is C15H21NO4. The van der Waals surface area contributed by atoms with Gasteiger partial charge in [-0.1, -0.05) is 25.7 Å². The molecule has 1 fully saturated rings.